The summed E-state index contributed by atoms with van der Waals surface area (Å²) in [5.74, 6) is -0.679. The van der Waals surface area contributed by atoms with Crippen LogP contribution in [0.15, 0.2) is 66.7 Å². The van der Waals surface area contributed by atoms with Crippen molar-refractivity contribution in [1.29, 1.82) is 0 Å². The van der Waals surface area contributed by atoms with Crippen molar-refractivity contribution < 1.29 is 19.1 Å². The van der Waals surface area contributed by atoms with E-state index in [1.54, 1.807) is 32.6 Å². The summed E-state index contributed by atoms with van der Waals surface area (Å²) in [4.78, 5) is 41.5. The number of fused-ring (bicyclic) bond motifs is 1. The Morgan fingerprint density at radius 1 is 0.947 bits per heavy atom. The van der Waals surface area contributed by atoms with Crippen LogP contribution in [0.4, 0.5) is 10.5 Å². The van der Waals surface area contributed by atoms with E-state index in [1.807, 2.05) is 80.6 Å². The lowest BCUT2D eigenvalue weighted by atomic mass is 10.0. The van der Waals surface area contributed by atoms with E-state index in [9.17, 15) is 14.4 Å². The van der Waals surface area contributed by atoms with Gasteiger partial charge in [-0.25, -0.2) is 4.79 Å². The molecule has 3 rings (SSSR count). The largest absolute Gasteiger partial charge is 0.444 e. The maximum absolute atomic E-state index is 13.9. The molecule has 3 aromatic carbocycles. The van der Waals surface area contributed by atoms with Crippen LogP contribution in [0.25, 0.3) is 10.8 Å². The summed E-state index contributed by atoms with van der Waals surface area (Å²) in [5.41, 5.74) is 1.70. The van der Waals surface area contributed by atoms with Crippen molar-refractivity contribution in [3.05, 3.63) is 77.9 Å². The average molecular weight is 518 g/mol. The van der Waals surface area contributed by atoms with Crippen LogP contribution < -0.4 is 10.6 Å². The van der Waals surface area contributed by atoms with Crippen molar-refractivity contribution in [2.24, 2.45) is 0 Å². The lowest BCUT2D eigenvalue weighted by Gasteiger charge is -2.33. The summed E-state index contributed by atoms with van der Waals surface area (Å²) in [5, 5.41) is 7.74. The first-order valence-corrected chi connectivity index (χ1v) is 13.1. The van der Waals surface area contributed by atoms with Gasteiger partial charge in [0.25, 0.3) is 5.91 Å². The lowest BCUT2D eigenvalue weighted by Crippen LogP contribution is -2.51. The third kappa shape index (κ3) is 7.81. The molecule has 0 bridgehead atoms. The Balaban J connectivity index is 1.94. The van der Waals surface area contributed by atoms with Gasteiger partial charge in [0.05, 0.1) is 0 Å². The summed E-state index contributed by atoms with van der Waals surface area (Å²) in [6.45, 7) is 11.3. The number of ether oxygens (including phenoxy) is 1. The van der Waals surface area contributed by atoms with Gasteiger partial charge in [-0.15, -0.1) is 0 Å². The molecule has 0 aliphatic heterocycles. The highest BCUT2D eigenvalue weighted by Gasteiger charge is 2.34. The van der Waals surface area contributed by atoms with Gasteiger partial charge in [-0.05, 0) is 69.5 Å². The molecule has 0 spiro atoms. The first-order valence-electron chi connectivity index (χ1n) is 13.1. The molecular weight excluding hydrogens is 478 g/mol. The highest BCUT2D eigenvalue weighted by Crippen LogP contribution is 2.26. The Labute approximate surface area is 225 Å². The number of benzene rings is 3. The Bertz CT molecular complexity index is 1260. The van der Waals surface area contributed by atoms with E-state index in [0.717, 1.165) is 22.8 Å². The summed E-state index contributed by atoms with van der Waals surface area (Å²) < 4.78 is 5.34. The fraction of sp³-hybridized carbons (Fsp3) is 0.387. The number of rotatable bonds is 9. The molecule has 0 fully saturated rings. The van der Waals surface area contributed by atoms with Gasteiger partial charge >= 0.3 is 6.09 Å². The van der Waals surface area contributed by atoms with Gasteiger partial charge in [-0.3, -0.25) is 9.59 Å². The normalized spacial score (nSPS) is 12.9. The SMILES string of the molecule is CCCCN(C(=O)C(C)NC(=O)OC(C)(C)C)C(C(=O)Nc1ccc2ccccc2c1)c1ccc(C)cc1. The van der Waals surface area contributed by atoms with Crippen molar-refractivity contribution in [2.75, 3.05) is 11.9 Å². The fourth-order valence-electron chi connectivity index (χ4n) is 4.19. The standard InChI is InChI=1S/C31H39N3O4/c1-7-8-19-34(29(36)22(3)32-30(37)38-31(4,5)6)27(24-15-13-21(2)14-16-24)28(35)33-26-18-17-23-11-9-10-12-25(23)20-26/h9-18,20,22,27H,7-8,19H2,1-6H3,(H,32,37)(H,33,35). The maximum atomic E-state index is 13.9. The summed E-state index contributed by atoms with van der Waals surface area (Å²) in [6, 6.07) is 19.5. The van der Waals surface area contributed by atoms with E-state index in [1.165, 1.54) is 0 Å². The van der Waals surface area contributed by atoms with Crippen LogP contribution in [0, 0.1) is 6.92 Å². The van der Waals surface area contributed by atoms with E-state index in [4.69, 9.17) is 4.74 Å². The number of hydrogen-bond donors (Lipinski definition) is 2. The number of amides is 3. The van der Waals surface area contributed by atoms with Crippen molar-refractivity contribution in [1.82, 2.24) is 10.2 Å². The topological polar surface area (TPSA) is 87.7 Å². The summed E-state index contributed by atoms with van der Waals surface area (Å²) in [7, 11) is 0. The van der Waals surface area contributed by atoms with Crippen LogP contribution in [0.5, 0.6) is 0 Å². The smallest absolute Gasteiger partial charge is 0.408 e. The molecule has 2 unspecified atom stereocenters. The third-order valence-corrected chi connectivity index (χ3v) is 6.11. The quantitative estimate of drug-likeness (QED) is 0.345. The molecule has 3 amide bonds. The highest BCUT2D eigenvalue weighted by atomic mass is 16.6. The van der Waals surface area contributed by atoms with E-state index in [0.29, 0.717) is 24.2 Å². The molecule has 2 N–H and O–H groups in total. The molecule has 0 aliphatic carbocycles. The number of hydrogen-bond acceptors (Lipinski definition) is 4. The van der Waals surface area contributed by atoms with Crippen molar-refractivity contribution in [3.63, 3.8) is 0 Å². The van der Waals surface area contributed by atoms with Crippen LogP contribution >= 0.6 is 0 Å². The number of unbranched alkanes of at least 4 members (excludes halogenated alkanes) is 1. The minimum absolute atomic E-state index is 0.321. The van der Waals surface area contributed by atoms with Crippen molar-refractivity contribution >= 4 is 34.4 Å². The molecule has 0 saturated carbocycles. The monoisotopic (exact) mass is 517 g/mol. The Hall–Kier alpha value is -3.87. The number of nitrogens with zero attached hydrogens (tertiary/aromatic N) is 1. The molecule has 7 heteroatoms. The number of nitrogens with one attached hydrogen (secondary N) is 2. The zero-order chi connectivity index (χ0) is 27.9. The first-order chi connectivity index (χ1) is 18.0. The number of aryl methyl sites for hydroxylation is 1. The molecule has 0 aliphatic rings. The minimum atomic E-state index is -0.886. The molecular formula is C31H39N3O4. The summed E-state index contributed by atoms with van der Waals surface area (Å²) >= 11 is 0. The first kappa shape index (κ1) is 28.7. The van der Waals surface area contributed by atoms with Crippen molar-refractivity contribution in [2.45, 2.75) is 72.1 Å². The molecule has 2 atom stereocenters. The molecule has 38 heavy (non-hydrogen) atoms. The average Bonchev–Trinajstić information content (AvgIpc) is 2.85. The van der Waals surface area contributed by atoms with Gasteiger partial charge in [0, 0.05) is 12.2 Å². The van der Waals surface area contributed by atoms with Gasteiger partial charge in [-0.2, -0.15) is 0 Å². The molecule has 3 aromatic rings. The summed E-state index contributed by atoms with van der Waals surface area (Å²) in [6.07, 6.45) is 0.863. The van der Waals surface area contributed by atoms with Gasteiger partial charge < -0.3 is 20.3 Å². The van der Waals surface area contributed by atoms with E-state index >= 15 is 0 Å². The lowest BCUT2D eigenvalue weighted by molar-refractivity contribution is -0.140. The molecule has 0 aromatic heterocycles. The number of alkyl carbamates (subject to hydrolysis) is 1. The van der Waals surface area contributed by atoms with Gasteiger partial charge in [-0.1, -0.05) is 73.5 Å². The zero-order valence-corrected chi connectivity index (χ0v) is 23.2. The van der Waals surface area contributed by atoms with Crippen LogP contribution in [0.3, 0.4) is 0 Å². The van der Waals surface area contributed by atoms with Gasteiger partial charge in [0.15, 0.2) is 0 Å². The maximum Gasteiger partial charge on any atom is 0.408 e. The predicted octanol–water partition coefficient (Wildman–Crippen LogP) is 6.37. The molecule has 0 radical (unpaired) electrons. The molecule has 202 valence electrons. The highest BCUT2D eigenvalue weighted by molar-refractivity contribution is 6.00. The number of carbonyl (C=O) groups is 3. The van der Waals surface area contributed by atoms with Gasteiger partial charge in [0.1, 0.15) is 17.7 Å². The van der Waals surface area contributed by atoms with Gasteiger partial charge in [0.2, 0.25) is 5.91 Å². The van der Waals surface area contributed by atoms with Crippen molar-refractivity contribution in [3.8, 4) is 0 Å². The Morgan fingerprint density at radius 3 is 2.24 bits per heavy atom. The second-order valence-electron chi connectivity index (χ2n) is 10.6. The number of anilines is 1. The predicted molar refractivity (Wildman–Crippen MR) is 152 cm³/mol. The van der Waals surface area contributed by atoms with Crippen LogP contribution in [0.2, 0.25) is 0 Å². The fourth-order valence-corrected chi connectivity index (χ4v) is 4.19. The second-order valence-corrected chi connectivity index (χ2v) is 10.6. The zero-order valence-electron chi connectivity index (χ0n) is 23.2. The van der Waals surface area contributed by atoms with Crippen LogP contribution in [0.1, 0.15) is 64.6 Å². The second kappa shape index (κ2) is 12.6. The van der Waals surface area contributed by atoms with E-state index in [2.05, 4.69) is 10.6 Å². The third-order valence-electron chi connectivity index (χ3n) is 6.11. The van der Waals surface area contributed by atoms with Crippen LogP contribution in [-0.2, 0) is 14.3 Å². The molecule has 7 nitrogen and oxygen atoms in total. The van der Waals surface area contributed by atoms with Crippen LogP contribution in [-0.4, -0.2) is 41.0 Å². The molecule has 0 heterocycles. The Kier molecular flexibility index (Phi) is 9.50. The molecule has 0 saturated heterocycles. The number of carbonyl (C=O) groups excluding carboxylic acids is 3. The van der Waals surface area contributed by atoms with E-state index < -0.39 is 23.8 Å². The Morgan fingerprint density at radius 2 is 1.61 bits per heavy atom. The van der Waals surface area contributed by atoms with E-state index in [-0.39, 0.29) is 11.8 Å². The minimum Gasteiger partial charge on any atom is -0.444 e.